The number of rotatable bonds is 6. The standard InChI is InChI=1S/C17H19Cl2N7O3/c1-8(20)7-29-16-11(3-10(18)5-22-16)23-17(28)24-12-6-21-14-4-13(19)25-26(14)15(12)9(2)27/h3-6,8-9,27H,7,20H2,1-2H3,(H2,23,24,28)/t8-,9-/m0/s1. The molecule has 3 aromatic rings. The Morgan fingerprint density at radius 2 is 1.97 bits per heavy atom. The van der Waals surface area contributed by atoms with Crippen LogP contribution in [-0.2, 0) is 0 Å². The number of urea groups is 1. The fourth-order valence-corrected chi connectivity index (χ4v) is 2.87. The summed E-state index contributed by atoms with van der Waals surface area (Å²) < 4.78 is 6.87. The van der Waals surface area contributed by atoms with E-state index in [1.54, 1.807) is 6.92 Å². The zero-order chi connectivity index (χ0) is 21.1. The maximum atomic E-state index is 12.6. The van der Waals surface area contributed by atoms with E-state index in [1.807, 2.05) is 0 Å². The van der Waals surface area contributed by atoms with Crippen LogP contribution in [-0.4, -0.2) is 43.4 Å². The average Bonchev–Trinajstić information content (AvgIpc) is 3.00. The second-order valence-electron chi connectivity index (χ2n) is 6.34. The highest BCUT2D eigenvalue weighted by atomic mass is 35.5. The topological polar surface area (TPSA) is 140 Å². The fraction of sp³-hybridized carbons (Fsp3) is 0.294. The Labute approximate surface area is 176 Å². The lowest BCUT2D eigenvalue weighted by molar-refractivity contribution is 0.192. The quantitative estimate of drug-likeness (QED) is 0.462. The van der Waals surface area contributed by atoms with Crippen LogP contribution in [0.15, 0.2) is 24.5 Å². The van der Waals surface area contributed by atoms with Gasteiger partial charge in [0.15, 0.2) is 10.8 Å². The molecule has 2 atom stereocenters. The number of pyridine rings is 1. The van der Waals surface area contributed by atoms with Gasteiger partial charge in [-0.3, -0.25) is 0 Å². The highest BCUT2D eigenvalue weighted by Crippen LogP contribution is 2.27. The molecule has 3 aromatic heterocycles. The highest BCUT2D eigenvalue weighted by Gasteiger charge is 2.18. The van der Waals surface area contributed by atoms with E-state index >= 15 is 0 Å². The van der Waals surface area contributed by atoms with Crippen molar-refractivity contribution in [2.45, 2.75) is 26.0 Å². The van der Waals surface area contributed by atoms with Crippen LogP contribution < -0.4 is 21.1 Å². The Bertz CT molecular complexity index is 1040. The van der Waals surface area contributed by atoms with Crippen LogP contribution >= 0.6 is 23.2 Å². The summed E-state index contributed by atoms with van der Waals surface area (Å²) in [6.07, 6.45) is 1.84. The first kappa shape index (κ1) is 21.1. The number of fused-ring (bicyclic) bond motifs is 1. The predicted octanol–water partition coefficient (Wildman–Crippen LogP) is 2.85. The summed E-state index contributed by atoms with van der Waals surface area (Å²) in [6.45, 7) is 3.52. The summed E-state index contributed by atoms with van der Waals surface area (Å²) in [5.41, 5.74) is 6.94. The van der Waals surface area contributed by atoms with Crippen molar-refractivity contribution < 1.29 is 14.6 Å². The van der Waals surface area contributed by atoms with Crippen molar-refractivity contribution in [2.24, 2.45) is 5.73 Å². The monoisotopic (exact) mass is 439 g/mol. The van der Waals surface area contributed by atoms with E-state index in [2.05, 4.69) is 25.7 Å². The molecular weight excluding hydrogens is 421 g/mol. The number of nitrogens with one attached hydrogen (secondary N) is 2. The molecule has 154 valence electrons. The van der Waals surface area contributed by atoms with Crippen LogP contribution in [0.2, 0.25) is 10.2 Å². The van der Waals surface area contributed by atoms with E-state index in [0.29, 0.717) is 16.4 Å². The zero-order valence-electron chi connectivity index (χ0n) is 15.6. The maximum Gasteiger partial charge on any atom is 0.323 e. The summed E-state index contributed by atoms with van der Waals surface area (Å²) in [5, 5.41) is 20.0. The van der Waals surface area contributed by atoms with Crippen LogP contribution in [0.25, 0.3) is 5.65 Å². The van der Waals surface area contributed by atoms with Crippen molar-refractivity contribution in [1.29, 1.82) is 0 Å². The van der Waals surface area contributed by atoms with Crippen molar-refractivity contribution in [3.05, 3.63) is 40.4 Å². The number of nitrogens with two attached hydrogens (primary N) is 1. The molecule has 0 bridgehead atoms. The molecule has 10 nitrogen and oxygen atoms in total. The second kappa shape index (κ2) is 8.78. The number of nitrogens with zero attached hydrogens (tertiary/aromatic N) is 4. The summed E-state index contributed by atoms with van der Waals surface area (Å²) >= 11 is 11.9. The van der Waals surface area contributed by atoms with Crippen LogP contribution in [0.5, 0.6) is 5.88 Å². The number of ether oxygens (including phenoxy) is 1. The smallest absolute Gasteiger partial charge is 0.323 e. The lowest BCUT2D eigenvalue weighted by atomic mass is 10.2. The van der Waals surface area contributed by atoms with Gasteiger partial charge in [-0.2, -0.15) is 5.10 Å². The predicted molar refractivity (Wildman–Crippen MR) is 110 cm³/mol. The molecule has 3 rings (SSSR count). The number of hydrogen-bond acceptors (Lipinski definition) is 7. The third kappa shape index (κ3) is 5.04. The van der Waals surface area contributed by atoms with Gasteiger partial charge in [0, 0.05) is 18.3 Å². The molecule has 0 radical (unpaired) electrons. The largest absolute Gasteiger partial charge is 0.475 e. The molecule has 2 amide bonds. The van der Waals surface area contributed by atoms with Gasteiger partial charge in [-0.15, -0.1) is 0 Å². The molecule has 5 N–H and O–H groups in total. The van der Waals surface area contributed by atoms with Gasteiger partial charge >= 0.3 is 6.03 Å². The van der Waals surface area contributed by atoms with Gasteiger partial charge in [0.05, 0.1) is 28.7 Å². The molecule has 12 heteroatoms. The third-order valence-electron chi connectivity index (χ3n) is 3.68. The van der Waals surface area contributed by atoms with Gasteiger partial charge in [-0.05, 0) is 19.9 Å². The fourth-order valence-electron chi connectivity index (χ4n) is 2.54. The average molecular weight is 440 g/mol. The molecule has 29 heavy (non-hydrogen) atoms. The van der Waals surface area contributed by atoms with E-state index in [0.717, 1.165) is 0 Å². The molecule has 0 unspecified atom stereocenters. The number of aliphatic hydroxyl groups is 1. The maximum absolute atomic E-state index is 12.6. The summed E-state index contributed by atoms with van der Waals surface area (Å²) in [4.78, 5) is 20.8. The van der Waals surface area contributed by atoms with Gasteiger partial charge in [0.25, 0.3) is 0 Å². The number of hydrogen-bond donors (Lipinski definition) is 4. The van der Waals surface area contributed by atoms with Crippen LogP contribution in [0.4, 0.5) is 16.2 Å². The number of amides is 2. The van der Waals surface area contributed by atoms with Gasteiger partial charge in [0.1, 0.15) is 12.3 Å². The van der Waals surface area contributed by atoms with Gasteiger partial charge in [-0.1, -0.05) is 23.2 Å². The molecule has 3 heterocycles. The molecule has 0 aliphatic heterocycles. The first-order valence-corrected chi connectivity index (χ1v) is 9.34. The molecule has 0 aliphatic carbocycles. The molecule has 0 saturated carbocycles. The minimum atomic E-state index is -0.954. The molecule has 0 saturated heterocycles. The van der Waals surface area contributed by atoms with Gasteiger partial charge in [-0.25, -0.2) is 19.3 Å². The second-order valence-corrected chi connectivity index (χ2v) is 7.17. The normalized spacial score (nSPS) is 13.2. The van der Waals surface area contributed by atoms with Crippen molar-refractivity contribution in [3.8, 4) is 5.88 Å². The molecular formula is C17H19Cl2N7O3. The van der Waals surface area contributed by atoms with E-state index in [4.69, 9.17) is 33.7 Å². The van der Waals surface area contributed by atoms with Crippen molar-refractivity contribution in [2.75, 3.05) is 17.2 Å². The number of halogens is 2. The summed E-state index contributed by atoms with van der Waals surface area (Å²) in [5.74, 6) is 0.171. The Kier molecular flexibility index (Phi) is 6.38. The third-order valence-corrected chi connectivity index (χ3v) is 4.08. The number of aliphatic hydroxyl groups excluding tert-OH is 1. The van der Waals surface area contributed by atoms with Crippen molar-refractivity contribution >= 4 is 46.3 Å². The number of carbonyl (C=O) groups excluding carboxylic acids is 1. The molecule has 0 fully saturated rings. The summed E-state index contributed by atoms with van der Waals surface area (Å²) in [7, 11) is 0. The van der Waals surface area contributed by atoms with E-state index in [9.17, 15) is 9.90 Å². The van der Waals surface area contributed by atoms with E-state index in [1.165, 1.54) is 36.0 Å². The van der Waals surface area contributed by atoms with Crippen molar-refractivity contribution in [3.63, 3.8) is 0 Å². The number of anilines is 2. The van der Waals surface area contributed by atoms with Gasteiger partial charge in [0.2, 0.25) is 5.88 Å². The van der Waals surface area contributed by atoms with Gasteiger partial charge < -0.3 is 26.2 Å². The minimum absolute atomic E-state index is 0.171. The molecule has 0 aliphatic rings. The SMILES string of the molecule is C[C@H](N)COc1ncc(Cl)cc1NC(=O)Nc1cnc2cc(Cl)nn2c1[C@H](C)O. The molecule has 0 aromatic carbocycles. The first-order valence-electron chi connectivity index (χ1n) is 8.58. The van der Waals surface area contributed by atoms with Crippen LogP contribution in [0, 0.1) is 0 Å². The van der Waals surface area contributed by atoms with Crippen LogP contribution in [0.1, 0.15) is 25.6 Å². The number of aromatic nitrogens is 4. The Morgan fingerprint density at radius 3 is 2.66 bits per heavy atom. The minimum Gasteiger partial charge on any atom is -0.475 e. The summed E-state index contributed by atoms with van der Waals surface area (Å²) in [6, 6.07) is 2.19. The Morgan fingerprint density at radius 1 is 1.24 bits per heavy atom. The first-order chi connectivity index (χ1) is 13.7. The Hall–Kier alpha value is -2.66. The Balaban J connectivity index is 1.85. The lowest BCUT2D eigenvalue weighted by Gasteiger charge is -2.16. The zero-order valence-corrected chi connectivity index (χ0v) is 17.1. The van der Waals surface area contributed by atoms with Crippen molar-refractivity contribution in [1.82, 2.24) is 19.6 Å². The van der Waals surface area contributed by atoms with Crippen LogP contribution in [0.3, 0.4) is 0 Å². The number of carbonyl (C=O) groups is 1. The lowest BCUT2D eigenvalue weighted by Crippen LogP contribution is -2.25. The highest BCUT2D eigenvalue weighted by molar-refractivity contribution is 6.31. The van der Waals surface area contributed by atoms with E-state index < -0.39 is 12.1 Å². The van der Waals surface area contributed by atoms with E-state index in [-0.39, 0.29) is 35.1 Å². The molecule has 0 spiro atoms.